The molecule has 0 radical (unpaired) electrons. The van der Waals surface area contributed by atoms with Gasteiger partial charge in [0.15, 0.2) is 6.61 Å². The molecule has 0 aromatic heterocycles. The molecule has 2 rings (SSSR count). The van der Waals surface area contributed by atoms with Crippen LogP contribution in [0.1, 0.15) is 5.56 Å². The second kappa shape index (κ2) is 7.70. The molecule has 1 N–H and O–H groups in total. The van der Waals surface area contributed by atoms with E-state index < -0.39 is 0 Å². The van der Waals surface area contributed by atoms with E-state index in [9.17, 15) is 4.79 Å². The fourth-order valence-electron chi connectivity index (χ4n) is 1.75. The molecule has 0 unspecified atom stereocenters. The van der Waals surface area contributed by atoms with E-state index in [0.717, 1.165) is 10.9 Å². The van der Waals surface area contributed by atoms with Gasteiger partial charge in [0.2, 0.25) is 0 Å². The molecule has 2 aromatic rings. The molecule has 0 atom stereocenters. The van der Waals surface area contributed by atoms with Crippen molar-refractivity contribution in [3.05, 3.63) is 64.6 Å². The van der Waals surface area contributed by atoms with Crippen molar-refractivity contribution in [3.8, 4) is 5.75 Å². The maximum atomic E-state index is 11.7. The number of benzene rings is 2. The van der Waals surface area contributed by atoms with Crippen molar-refractivity contribution in [3.63, 3.8) is 0 Å². The molecular weight excluding hydrogens is 318 g/mol. The molecule has 104 valence electrons. The summed E-state index contributed by atoms with van der Waals surface area (Å²) in [6.07, 6.45) is 0.821. The second-order valence-corrected chi connectivity index (χ2v) is 5.16. The Morgan fingerprint density at radius 3 is 2.50 bits per heavy atom. The quantitative estimate of drug-likeness (QED) is 0.881. The highest BCUT2D eigenvalue weighted by molar-refractivity contribution is 9.10. The Labute approximate surface area is 127 Å². The van der Waals surface area contributed by atoms with Gasteiger partial charge in [-0.2, -0.15) is 0 Å². The average Bonchev–Trinajstić information content (AvgIpc) is 2.47. The molecular formula is C16H16BrNO2. The average molecular weight is 334 g/mol. The van der Waals surface area contributed by atoms with Crippen LogP contribution in [0.4, 0.5) is 0 Å². The first-order valence-electron chi connectivity index (χ1n) is 6.43. The standard InChI is InChI=1S/C16H16BrNO2/c17-14-8-4-5-9-15(14)20-12-16(19)18-11-10-13-6-2-1-3-7-13/h1-9H,10-12H2,(H,18,19). The first-order chi connectivity index (χ1) is 9.75. The molecule has 0 saturated heterocycles. The number of carbonyl (C=O) groups is 1. The van der Waals surface area contributed by atoms with Crippen LogP contribution in [-0.4, -0.2) is 19.1 Å². The van der Waals surface area contributed by atoms with Crippen molar-refractivity contribution in [1.29, 1.82) is 0 Å². The zero-order chi connectivity index (χ0) is 14.2. The molecule has 20 heavy (non-hydrogen) atoms. The van der Waals surface area contributed by atoms with E-state index in [4.69, 9.17) is 4.74 Å². The number of amides is 1. The summed E-state index contributed by atoms with van der Waals surface area (Å²) in [6.45, 7) is 0.638. The third kappa shape index (κ3) is 4.70. The van der Waals surface area contributed by atoms with Gasteiger partial charge in [-0.25, -0.2) is 0 Å². The summed E-state index contributed by atoms with van der Waals surface area (Å²) in [5, 5.41) is 2.84. The van der Waals surface area contributed by atoms with Crippen LogP contribution in [0.2, 0.25) is 0 Å². The molecule has 0 fully saturated rings. The molecule has 0 heterocycles. The first-order valence-corrected chi connectivity index (χ1v) is 7.23. The number of halogens is 1. The van der Waals surface area contributed by atoms with Gasteiger partial charge in [-0.05, 0) is 40.0 Å². The summed E-state index contributed by atoms with van der Waals surface area (Å²) in [4.78, 5) is 11.7. The van der Waals surface area contributed by atoms with Crippen molar-refractivity contribution < 1.29 is 9.53 Å². The smallest absolute Gasteiger partial charge is 0.257 e. The predicted molar refractivity (Wildman–Crippen MR) is 82.8 cm³/mol. The predicted octanol–water partition coefficient (Wildman–Crippen LogP) is 3.19. The summed E-state index contributed by atoms with van der Waals surface area (Å²) < 4.78 is 6.29. The lowest BCUT2D eigenvalue weighted by atomic mass is 10.1. The number of rotatable bonds is 6. The van der Waals surface area contributed by atoms with Gasteiger partial charge in [-0.3, -0.25) is 4.79 Å². The molecule has 0 aliphatic heterocycles. The molecule has 0 aliphatic carbocycles. The summed E-state index contributed by atoms with van der Waals surface area (Å²) in [6, 6.07) is 17.5. The number of hydrogen-bond acceptors (Lipinski definition) is 2. The fraction of sp³-hybridized carbons (Fsp3) is 0.188. The Hall–Kier alpha value is -1.81. The maximum absolute atomic E-state index is 11.7. The van der Waals surface area contributed by atoms with Crippen molar-refractivity contribution >= 4 is 21.8 Å². The lowest BCUT2D eigenvalue weighted by molar-refractivity contribution is -0.123. The highest BCUT2D eigenvalue weighted by Gasteiger charge is 2.04. The van der Waals surface area contributed by atoms with Gasteiger partial charge in [0, 0.05) is 6.54 Å². The molecule has 4 heteroatoms. The number of hydrogen-bond donors (Lipinski definition) is 1. The van der Waals surface area contributed by atoms with E-state index in [-0.39, 0.29) is 12.5 Å². The van der Waals surface area contributed by atoms with Crippen molar-refractivity contribution in [2.45, 2.75) is 6.42 Å². The number of para-hydroxylation sites is 1. The summed E-state index contributed by atoms with van der Waals surface area (Å²) in [7, 11) is 0. The Balaban J connectivity index is 1.70. The van der Waals surface area contributed by atoms with Crippen LogP contribution in [-0.2, 0) is 11.2 Å². The van der Waals surface area contributed by atoms with E-state index in [2.05, 4.69) is 21.2 Å². The summed E-state index contributed by atoms with van der Waals surface area (Å²) >= 11 is 3.37. The zero-order valence-corrected chi connectivity index (χ0v) is 12.6. The molecule has 0 saturated carbocycles. The summed E-state index contributed by atoms with van der Waals surface area (Å²) in [5.41, 5.74) is 1.21. The van der Waals surface area contributed by atoms with Crippen LogP contribution in [0.5, 0.6) is 5.75 Å². The first kappa shape index (κ1) is 14.6. The number of ether oxygens (including phenoxy) is 1. The largest absolute Gasteiger partial charge is 0.483 e. The highest BCUT2D eigenvalue weighted by atomic mass is 79.9. The van der Waals surface area contributed by atoms with Crippen LogP contribution in [0.25, 0.3) is 0 Å². The highest BCUT2D eigenvalue weighted by Crippen LogP contribution is 2.23. The van der Waals surface area contributed by atoms with Crippen LogP contribution < -0.4 is 10.1 Å². The van der Waals surface area contributed by atoms with Crippen molar-refractivity contribution in [2.24, 2.45) is 0 Å². The molecule has 0 bridgehead atoms. The van der Waals surface area contributed by atoms with E-state index in [1.807, 2.05) is 54.6 Å². The fourth-order valence-corrected chi connectivity index (χ4v) is 2.15. The van der Waals surface area contributed by atoms with Crippen molar-refractivity contribution in [2.75, 3.05) is 13.2 Å². The number of carbonyl (C=O) groups excluding carboxylic acids is 1. The van der Waals surface area contributed by atoms with Gasteiger partial charge in [-0.15, -0.1) is 0 Å². The third-order valence-corrected chi connectivity index (χ3v) is 3.43. The van der Waals surface area contributed by atoms with Crippen LogP contribution >= 0.6 is 15.9 Å². The van der Waals surface area contributed by atoms with E-state index in [0.29, 0.717) is 12.3 Å². The van der Waals surface area contributed by atoms with Crippen LogP contribution in [0.15, 0.2) is 59.1 Å². The maximum Gasteiger partial charge on any atom is 0.257 e. The SMILES string of the molecule is O=C(COc1ccccc1Br)NCCc1ccccc1. The summed E-state index contributed by atoms with van der Waals surface area (Å²) in [5.74, 6) is 0.558. The Kier molecular flexibility index (Phi) is 5.62. The van der Waals surface area contributed by atoms with Gasteiger partial charge in [0.25, 0.3) is 5.91 Å². The molecule has 0 aliphatic rings. The molecule has 3 nitrogen and oxygen atoms in total. The zero-order valence-electron chi connectivity index (χ0n) is 11.0. The van der Waals surface area contributed by atoms with Crippen molar-refractivity contribution in [1.82, 2.24) is 5.32 Å². The van der Waals surface area contributed by atoms with Gasteiger partial charge in [0.1, 0.15) is 5.75 Å². The van der Waals surface area contributed by atoms with E-state index in [1.165, 1.54) is 5.56 Å². The molecule has 1 amide bonds. The lowest BCUT2D eigenvalue weighted by Crippen LogP contribution is -2.30. The van der Waals surface area contributed by atoms with E-state index in [1.54, 1.807) is 0 Å². The minimum Gasteiger partial charge on any atom is -0.483 e. The Bertz CT molecular complexity index is 557. The van der Waals surface area contributed by atoms with Gasteiger partial charge < -0.3 is 10.1 Å². The second-order valence-electron chi connectivity index (χ2n) is 4.30. The minimum absolute atomic E-state index is 0.0252. The van der Waals surface area contributed by atoms with Crippen LogP contribution in [0.3, 0.4) is 0 Å². The number of nitrogens with one attached hydrogen (secondary N) is 1. The monoisotopic (exact) mass is 333 g/mol. The van der Waals surface area contributed by atoms with Gasteiger partial charge >= 0.3 is 0 Å². The third-order valence-electron chi connectivity index (χ3n) is 2.77. The molecule has 2 aromatic carbocycles. The Morgan fingerprint density at radius 1 is 1.05 bits per heavy atom. The minimum atomic E-state index is -0.114. The topological polar surface area (TPSA) is 38.3 Å². The van der Waals surface area contributed by atoms with Gasteiger partial charge in [0.05, 0.1) is 4.47 Å². The normalized spacial score (nSPS) is 10.1. The van der Waals surface area contributed by atoms with Crippen LogP contribution in [0, 0.1) is 0 Å². The molecule has 0 spiro atoms. The van der Waals surface area contributed by atoms with Gasteiger partial charge in [-0.1, -0.05) is 42.5 Å². The van der Waals surface area contributed by atoms with E-state index >= 15 is 0 Å². The lowest BCUT2D eigenvalue weighted by Gasteiger charge is -2.08. The Morgan fingerprint density at radius 2 is 1.75 bits per heavy atom.